The van der Waals surface area contributed by atoms with Crippen molar-refractivity contribution in [3.63, 3.8) is 0 Å². The molecule has 1 atom stereocenters. The van der Waals surface area contributed by atoms with Gasteiger partial charge in [-0.1, -0.05) is 23.9 Å². The Morgan fingerprint density at radius 3 is 2.61 bits per heavy atom. The van der Waals surface area contributed by atoms with E-state index in [1.165, 1.54) is 4.31 Å². The van der Waals surface area contributed by atoms with E-state index < -0.39 is 27.9 Å². The molecule has 1 fully saturated rings. The van der Waals surface area contributed by atoms with Gasteiger partial charge in [-0.25, -0.2) is 18.4 Å². The predicted octanol–water partition coefficient (Wildman–Crippen LogP) is 3.93. The van der Waals surface area contributed by atoms with Crippen LogP contribution in [0.1, 0.15) is 30.6 Å². The lowest BCUT2D eigenvalue weighted by Crippen LogP contribution is -2.25. The Bertz CT molecular complexity index is 967. The van der Waals surface area contributed by atoms with Crippen LogP contribution in [0.15, 0.2) is 35.5 Å². The van der Waals surface area contributed by atoms with Crippen LogP contribution in [0.25, 0.3) is 0 Å². The lowest BCUT2D eigenvalue weighted by atomic mass is 10.1. The quantitative estimate of drug-likeness (QED) is 0.570. The normalized spacial score (nSPS) is 17.5. The molecule has 0 bridgehead atoms. The van der Waals surface area contributed by atoms with E-state index in [9.17, 15) is 21.6 Å². The van der Waals surface area contributed by atoms with E-state index >= 15 is 0 Å². The second kappa shape index (κ2) is 7.78. The van der Waals surface area contributed by atoms with Crippen LogP contribution in [0.5, 0.6) is 0 Å². The third-order valence-electron chi connectivity index (χ3n) is 4.30. The van der Waals surface area contributed by atoms with Crippen molar-refractivity contribution >= 4 is 33.3 Å². The number of hydrogen-bond acceptors (Lipinski definition) is 6. The fourth-order valence-electron chi connectivity index (χ4n) is 2.92. The Hall–Kier alpha value is -2.01. The minimum absolute atomic E-state index is 0.0152. The molecule has 28 heavy (non-hydrogen) atoms. The van der Waals surface area contributed by atoms with Crippen LogP contribution in [0, 0.1) is 0 Å². The molecule has 0 aliphatic carbocycles. The summed E-state index contributed by atoms with van der Waals surface area (Å²) in [5.41, 5.74) is 0.267. The number of rotatable bonds is 5. The van der Waals surface area contributed by atoms with Crippen molar-refractivity contribution in [2.75, 3.05) is 28.2 Å². The molecule has 1 aromatic carbocycles. The highest BCUT2D eigenvalue weighted by molar-refractivity contribution is 7.98. The molecule has 0 radical (unpaired) electrons. The summed E-state index contributed by atoms with van der Waals surface area (Å²) in [5, 5.41) is 2.97. The number of nitrogens with zero attached hydrogens (tertiary/aromatic N) is 3. The first-order chi connectivity index (χ1) is 13.1. The van der Waals surface area contributed by atoms with Gasteiger partial charge in [0, 0.05) is 12.6 Å². The SMILES string of the molecule is CSc1nc(NC(C)c2cccc(N3CCCS3(=O)=O)c2)cc(C(F)(F)F)n1. The lowest BCUT2D eigenvalue weighted by molar-refractivity contribution is -0.141. The van der Waals surface area contributed by atoms with Gasteiger partial charge in [0.1, 0.15) is 5.82 Å². The molecule has 1 aromatic heterocycles. The molecule has 6 nitrogen and oxygen atoms in total. The Balaban J connectivity index is 1.86. The first-order valence-corrected chi connectivity index (χ1v) is 11.3. The molecule has 0 saturated carbocycles. The maximum absolute atomic E-state index is 13.1. The molecule has 1 unspecified atom stereocenters. The van der Waals surface area contributed by atoms with E-state index in [1.807, 2.05) is 0 Å². The van der Waals surface area contributed by atoms with Gasteiger partial charge >= 0.3 is 6.18 Å². The van der Waals surface area contributed by atoms with Crippen molar-refractivity contribution in [1.29, 1.82) is 0 Å². The average molecular weight is 432 g/mol. The number of alkyl halides is 3. The largest absolute Gasteiger partial charge is 0.433 e. The maximum Gasteiger partial charge on any atom is 0.433 e. The van der Waals surface area contributed by atoms with Gasteiger partial charge in [-0.15, -0.1) is 0 Å². The van der Waals surface area contributed by atoms with Crippen molar-refractivity contribution < 1.29 is 21.6 Å². The molecule has 152 valence electrons. The van der Waals surface area contributed by atoms with Gasteiger partial charge in [-0.05, 0) is 37.3 Å². The van der Waals surface area contributed by atoms with Crippen LogP contribution in [0.4, 0.5) is 24.7 Å². The fraction of sp³-hybridized carbons (Fsp3) is 0.412. The van der Waals surface area contributed by atoms with Crippen molar-refractivity contribution in [3.8, 4) is 0 Å². The van der Waals surface area contributed by atoms with Crippen molar-refractivity contribution in [2.24, 2.45) is 0 Å². The molecule has 2 heterocycles. The molecule has 1 aliphatic heterocycles. The summed E-state index contributed by atoms with van der Waals surface area (Å²) in [6.07, 6.45) is -2.40. The van der Waals surface area contributed by atoms with E-state index in [0.29, 0.717) is 18.7 Å². The second-order valence-corrected chi connectivity index (χ2v) is 9.11. The van der Waals surface area contributed by atoms with Gasteiger partial charge < -0.3 is 5.32 Å². The maximum atomic E-state index is 13.1. The van der Waals surface area contributed by atoms with E-state index in [4.69, 9.17) is 0 Å². The predicted molar refractivity (Wildman–Crippen MR) is 103 cm³/mol. The second-order valence-electron chi connectivity index (χ2n) is 6.33. The van der Waals surface area contributed by atoms with E-state index in [-0.39, 0.29) is 16.7 Å². The minimum Gasteiger partial charge on any atom is -0.363 e. The summed E-state index contributed by atoms with van der Waals surface area (Å²) < 4.78 is 64.8. The van der Waals surface area contributed by atoms with E-state index in [0.717, 1.165) is 23.4 Å². The number of aromatic nitrogens is 2. The van der Waals surface area contributed by atoms with E-state index in [1.54, 1.807) is 37.4 Å². The first-order valence-electron chi connectivity index (χ1n) is 8.47. The smallest absolute Gasteiger partial charge is 0.363 e. The molecule has 1 aliphatic rings. The number of anilines is 2. The van der Waals surface area contributed by atoms with Crippen molar-refractivity contribution in [1.82, 2.24) is 9.97 Å². The van der Waals surface area contributed by atoms with Crippen LogP contribution < -0.4 is 9.62 Å². The summed E-state index contributed by atoms with van der Waals surface area (Å²) in [4.78, 5) is 7.59. The highest BCUT2D eigenvalue weighted by Crippen LogP contribution is 2.32. The Kier molecular flexibility index (Phi) is 5.76. The van der Waals surface area contributed by atoms with E-state index in [2.05, 4.69) is 15.3 Å². The molecule has 1 N–H and O–H groups in total. The summed E-state index contributed by atoms with van der Waals surface area (Å²) in [7, 11) is -3.31. The first kappa shape index (κ1) is 20.7. The van der Waals surface area contributed by atoms with Gasteiger partial charge in [0.2, 0.25) is 10.0 Å². The van der Waals surface area contributed by atoms with Crippen LogP contribution >= 0.6 is 11.8 Å². The topological polar surface area (TPSA) is 75.2 Å². The third-order valence-corrected chi connectivity index (χ3v) is 6.72. The summed E-state index contributed by atoms with van der Waals surface area (Å²) >= 11 is 1.02. The van der Waals surface area contributed by atoms with Gasteiger partial charge in [0.15, 0.2) is 10.9 Å². The van der Waals surface area contributed by atoms with Gasteiger partial charge in [-0.2, -0.15) is 13.2 Å². The fourth-order valence-corrected chi connectivity index (χ4v) is 4.86. The van der Waals surface area contributed by atoms with Crippen LogP contribution in [0.3, 0.4) is 0 Å². The molecule has 3 rings (SSSR count). The molecule has 1 saturated heterocycles. The monoisotopic (exact) mass is 432 g/mol. The van der Waals surface area contributed by atoms with Gasteiger partial charge in [-0.3, -0.25) is 4.31 Å². The summed E-state index contributed by atoms with van der Waals surface area (Å²) in [5.74, 6) is 0.169. The Morgan fingerprint density at radius 2 is 2.00 bits per heavy atom. The minimum atomic E-state index is -4.57. The third kappa shape index (κ3) is 4.52. The zero-order chi connectivity index (χ0) is 20.5. The number of thioether (sulfide) groups is 1. The van der Waals surface area contributed by atoms with Crippen molar-refractivity contribution in [3.05, 3.63) is 41.6 Å². The Morgan fingerprint density at radius 1 is 1.25 bits per heavy atom. The van der Waals surface area contributed by atoms with Gasteiger partial charge in [0.25, 0.3) is 0 Å². The van der Waals surface area contributed by atoms with Crippen LogP contribution in [-0.4, -0.2) is 36.9 Å². The highest BCUT2D eigenvalue weighted by Gasteiger charge is 2.34. The zero-order valence-electron chi connectivity index (χ0n) is 15.2. The summed E-state index contributed by atoms with van der Waals surface area (Å²) in [6, 6.07) is 7.41. The number of benzene rings is 1. The highest BCUT2D eigenvalue weighted by atomic mass is 32.2. The molecule has 0 amide bonds. The summed E-state index contributed by atoms with van der Waals surface area (Å²) in [6.45, 7) is 2.19. The number of nitrogens with one attached hydrogen (secondary N) is 1. The number of halogens is 3. The Labute approximate surface area is 165 Å². The molecular weight excluding hydrogens is 413 g/mol. The number of sulfonamides is 1. The van der Waals surface area contributed by atoms with Gasteiger partial charge in [0.05, 0.1) is 17.5 Å². The molecular formula is C17H19F3N4O2S2. The van der Waals surface area contributed by atoms with Crippen LogP contribution in [-0.2, 0) is 16.2 Å². The number of hydrogen-bond donors (Lipinski definition) is 1. The van der Waals surface area contributed by atoms with Crippen molar-refractivity contribution in [2.45, 2.75) is 30.7 Å². The molecule has 11 heteroatoms. The standard InChI is InChI=1S/C17H19F3N4O2S2/c1-11(21-15-10-14(17(18,19)20)22-16(23-15)27-2)12-5-3-6-13(9-12)24-7-4-8-28(24,25)26/h3,5-6,9-11H,4,7-8H2,1-2H3,(H,21,22,23). The molecule has 0 spiro atoms. The lowest BCUT2D eigenvalue weighted by Gasteiger charge is -2.21. The zero-order valence-corrected chi connectivity index (χ0v) is 16.8. The average Bonchev–Trinajstić information content (AvgIpc) is 3.00. The van der Waals surface area contributed by atoms with Crippen LogP contribution in [0.2, 0.25) is 0 Å². The molecule has 2 aromatic rings.